The molecular weight excluding hydrogens is 227 g/mol. The molecule has 0 aromatic heterocycles. The van der Waals surface area contributed by atoms with Gasteiger partial charge in [-0.3, -0.25) is 0 Å². The van der Waals surface area contributed by atoms with Crippen LogP contribution >= 0.6 is 0 Å². The maximum atomic E-state index is 13.3. The van der Waals surface area contributed by atoms with Crippen molar-refractivity contribution in [3.63, 3.8) is 0 Å². The maximum absolute atomic E-state index is 13.3. The van der Waals surface area contributed by atoms with Crippen LogP contribution in [0.4, 0.5) is 4.39 Å². The summed E-state index contributed by atoms with van der Waals surface area (Å²) in [7, 11) is 0. The van der Waals surface area contributed by atoms with E-state index in [-0.39, 0.29) is 12.4 Å². The number of benzene rings is 1. The Morgan fingerprint density at radius 1 is 1.53 bits per heavy atom. The van der Waals surface area contributed by atoms with Gasteiger partial charge in [-0.25, -0.2) is 9.18 Å². The van der Waals surface area contributed by atoms with Crippen LogP contribution in [0.2, 0.25) is 0 Å². The number of carboxylic acids is 1. The normalized spacial score (nSPS) is 12.2. The largest absolute Gasteiger partial charge is 0.479 e. The summed E-state index contributed by atoms with van der Waals surface area (Å²) in [6.45, 7) is 1.38. The number of aliphatic hydroxyl groups is 1. The highest BCUT2D eigenvalue weighted by atomic mass is 19.1. The zero-order chi connectivity index (χ0) is 12.8. The first kappa shape index (κ1) is 13.4. The predicted octanol–water partition coefficient (Wildman–Crippen LogP) is 1.60. The third-order valence-electron chi connectivity index (χ3n) is 2.28. The van der Waals surface area contributed by atoms with Crippen LogP contribution in [0, 0.1) is 5.82 Å². The molecule has 0 heterocycles. The molecule has 0 saturated heterocycles. The van der Waals surface area contributed by atoms with Crippen LogP contribution < -0.4 is 4.74 Å². The summed E-state index contributed by atoms with van der Waals surface area (Å²) >= 11 is 0. The summed E-state index contributed by atoms with van der Waals surface area (Å²) in [5.74, 6) is -1.14. The van der Waals surface area contributed by atoms with E-state index in [9.17, 15) is 9.18 Å². The Labute approximate surface area is 98.7 Å². The lowest BCUT2D eigenvalue weighted by molar-refractivity contribution is -0.144. The molecule has 1 aromatic rings. The molecule has 0 fully saturated rings. The zero-order valence-electron chi connectivity index (χ0n) is 9.52. The van der Waals surface area contributed by atoms with Gasteiger partial charge in [-0.05, 0) is 43.5 Å². The van der Waals surface area contributed by atoms with Gasteiger partial charge in [0, 0.05) is 6.61 Å². The summed E-state index contributed by atoms with van der Waals surface area (Å²) in [6.07, 6.45) is -0.137. The molecule has 0 bridgehead atoms. The minimum Gasteiger partial charge on any atom is -0.479 e. The van der Waals surface area contributed by atoms with Crippen molar-refractivity contribution in [3.8, 4) is 5.75 Å². The minimum atomic E-state index is -1.08. The van der Waals surface area contributed by atoms with Crippen molar-refractivity contribution in [1.82, 2.24) is 0 Å². The number of ether oxygens (including phenoxy) is 1. The number of aliphatic carboxylic acids is 1. The second kappa shape index (κ2) is 6.20. The van der Waals surface area contributed by atoms with Crippen molar-refractivity contribution in [2.75, 3.05) is 6.61 Å². The second-order valence-corrected chi connectivity index (χ2v) is 3.68. The zero-order valence-corrected chi connectivity index (χ0v) is 9.52. The first-order valence-electron chi connectivity index (χ1n) is 5.33. The van der Waals surface area contributed by atoms with E-state index in [1.165, 1.54) is 25.1 Å². The fourth-order valence-corrected chi connectivity index (χ4v) is 1.34. The molecule has 5 heteroatoms. The van der Waals surface area contributed by atoms with Crippen LogP contribution in [0.1, 0.15) is 18.9 Å². The van der Waals surface area contributed by atoms with Crippen molar-refractivity contribution in [2.45, 2.75) is 25.9 Å². The lowest BCUT2D eigenvalue weighted by Gasteiger charge is -2.11. The fourth-order valence-electron chi connectivity index (χ4n) is 1.34. The molecule has 0 aliphatic heterocycles. The smallest absolute Gasteiger partial charge is 0.344 e. The highest BCUT2D eigenvalue weighted by molar-refractivity contribution is 5.72. The molecule has 0 radical (unpaired) electrons. The van der Waals surface area contributed by atoms with Gasteiger partial charge in [-0.2, -0.15) is 0 Å². The molecule has 94 valence electrons. The van der Waals surface area contributed by atoms with Gasteiger partial charge in [0.2, 0.25) is 0 Å². The van der Waals surface area contributed by atoms with Crippen LogP contribution in [-0.4, -0.2) is 28.9 Å². The first-order chi connectivity index (χ1) is 8.04. The highest BCUT2D eigenvalue weighted by Gasteiger charge is 2.13. The summed E-state index contributed by atoms with van der Waals surface area (Å²) in [6, 6.07) is 4.08. The van der Waals surface area contributed by atoms with Gasteiger partial charge >= 0.3 is 5.97 Å². The lowest BCUT2D eigenvalue weighted by atomic mass is 10.1. The molecule has 1 aromatic carbocycles. The van der Waals surface area contributed by atoms with Crippen molar-refractivity contribution >= 4 is 5.97 Å². The molecule has 4 nitrogen and oxygen atoms in total. The highest BCUT2D eigenvalue weighted by Crippen LogP contribution is 2.19. The standard InChI is InChI=1S/C12H15FO4/c1-8(12(15)16)17-10-4-5-11(13)9(7-10)3-2-6-14/h4-5,7-8,14H,2-3,6H2,1H3,(H,15,16)/t8-/m0/s1. The minimum absolute atomic E-state index is 0.0178. The van der Waals surface area contributed by atoms with E-state index in [2.05, 4.69) is 0 Å². The average Bonchev–Trinajstić information content (AvgIpc) is 2.29. The van der Waals surface area contributed by atoms with Crippen molar-refractivity contribution < 1.29 is 24.1 Å². The Morgan fingerprint density at radius 2 is 2.24 bits per heavy atom. The van der Waals surface area contributed by atoms with Crippen LogP contribution in [0.25, 0.3) is 0 Å². The number of aryl methyl sites for hydroxylation is 1. The number of carboxylic acid groups (broad SMARTS) is 1. The molecule has 1 atom stereocenters. The van der Waals surface area contributed by atoms with E-state index in [4.69, 9.17) is 14.9 Å². The molecule has 0 saturated carbocycles. The quantitative estimate of drug-likeness (QED) is 0.795. The number of carbonyl (C=O) groups is 1. The van der Waals surface area contributed by atoms with Gasteiger partial charge in [0.15, 0.2) is 6.10 Å². The molecule has 17 heavy (non-hydrogen) atoms. The average molecular weight is 242 g/mol. The molecule has 0 spiro atoms. The first-order valence-corrected chi connectivity index (χ1v) is 5.33. The number of aliphatic hydroxyl groups excluding tert-OH is 1. The van der Waals surface area contributed by atoms with Crippen LogP contribution in [0.15, 0.2) is 18.2 Å². The number of rotatable bonds is 6. The third kappa shape index (κ3) is 4.03. The summed E-state index contributed by atoms with van der Waals surface area (Å²) < 4.78 is 18.5. The Balaban J connectivity index is 2.77. The van der Waals surface area contributed by atoms with Crippen LogP contribution in [0.3, 0.4) is 0 Å². The SMILES string of the molecule is C[C@H](Oc1ccc(F)c(CCCO)c1)C(=O)O. The Bertz CT molecular complexity index is 392. The van der Waals surface area contributed by atoms with Crippen molar-refractivity contribution in [3.05, 3.63) is 29.6 Å². The van der Waals surface area contributed by atoms with E-state index in [0.717, 1.165) is 0 Å². The van der Waals surface area contributed by atoms with Gasteiger partial charge in [0.25, 0.3) is 0 Å². The van der Waals surface area contributed by atoms with Crippen molar-refractivity contribution in [2.24, 2.45) is 0 Å². The fraction of sp³-hybridized carbons (Fsp3) is 0.417. The monoisotopic (exact) mass is 242 g/mol. The van der Waals surface area contributed by atoms with Crippen LogP contribution in [-0.2, 0) is 11.2 Å². The molecular formula is C12H15FO4. The van der Waals surface area contributed by atoms with E-state index in [1.54, 1.807) is 0 Å². The van der Waals surface area contributed by atoms with Gasteiger partial charge < -0.3 is 14.9 Å². The number of hydrogen-bond acceptors (Lipinski definition) is 3. The second-order valence-electron chi connectivity index (χ2n) is 3.68. The van der Waals surface area contributed by atoms with Crippen molar-refractivity contribution in [1.29, 1.82) is 0 Å². The molecule has 0 aliphatic carbocycles. The number of hydrogen-bond donors (Lipinski definition) is 2. The Morgan fingerprint density at radius 3 is 2.82 bits per heavy atom. The van der Waals surface area contributed by atoms with Crippen LogP contribution in [0.5, 0.6) is 5.75 Å². The number of halogens is 1. The Hall–Kier alpha value is -1.62. The predicted molar refractivity (Wildman–Crippen MR) is 59.5 cm³/mol. The topological polar surface area (TPSA) is 66.8 Å². The molecule has 0 unspecified atom stereocenters. The third-order valence-corrected chi connectivity index (χ3v) is 2.28. The molecule has 2 N–H and O–H groups in total. The van der Waals surface area contributed by atoms with Gasteiger partial charge in [0.1, 0.15) is 11.6 Å². The van der Waals surface area contributed by atoms with E-state index < -0.39 is 12.1 Å². The molecule has 0 aliphatic rings. The van der Waals surface area contributed by atoms with E-state index in [1.807, 2.05) is 0 Å². The summed E-state index contributed by atoms with van der Waals surface area (Å²) in [5.41, 5.74) is 0.411. The maximum Gasteiger partial charge on any atom is 0.344 e. The summed E-state index contributed by atoms with van der Waals surface area (Å²) in [5, 5.41) is 17.4. The lowest BCUT2D eigenvalue weighted by Crippen LogP contribution is -2.22. The van der Waals surface area contributed by atoms with Gasteiger partial charge in [-0.15, -0.1) is 0 Å². The van der Waals surface area contributed by atoms with E-state index >= 15 is 0 Å². The van der Waals surface area contributed by atoms with Gasteiger partial charge in [-0.1, -0.05) is 0 Å². The molecule has 1 rings (SSSR count). The molecule has 0 amide bonds. The van der Waals surface area contributed by atoms with Gasteiger partial charge in [0.05, 0.1) is 0 Å². The Kier molecular flexibility index (Phi) is 4.90. The van der Waals surface area contributed by atoms with E-state index in [0.29, 0.717) is 24.2 Å². The summed E-state index contributed by atoms with van der Waals surface area (Å²) in [4.78, 5) is 10.6.